The van der Waals surface area contributed by atoms with Crippen molar-refractivity contribution < 1.29 is 4.74 Å². The molecule has 0 amide bonds. The summed E-state index contributed by atoms with van der Waals surface area (Å²) in [4.78, 5) is 0. The van der Waals surface area contributed by atoms with E-state index in [-0.39, 0.29) is 0 Å². The highest BCUT2D eigenvalue weighted by molar-refractivity contribution is 5.25. The Morgan fingerprint density at radius 3 is 2.57 bits per heavy atom. The van der Waals surface area contributed by atoms with Crippen molar-refractivity contribution >= 4 is 0 Å². The molecule has 0 aliphatic heterocycles. The van der Waals surface area contributed by atoms with Gasteiger partial charge in [0.15, 0.2) is 0 Å². The fraction of sp³-hybridized carbons (Fsp3) is 0.684. The zero-order valence-corrected chi connectivity index (χ0v) is 13.7. The minimum atomic E-state index is 0.592. The van der Waals surface area contributed by atoms with Crippen LogP contribution in [0.3, 0.4) is 0 Å². The third-order valence-electron chi connectivity index (χ3n) is 4.25. The second kappa shape index (κ2) is 9.22. The summed E-state index contributed by atoms with van der Waals surface area (Å²) in [5.41, 5.74) is 2.71. The first-order chi connectivity index (χ1) is 10.3. The molecule has 0 spiro atoms. The molecule has 1 N–H and O–H groups in total. The largest absolute Gasteiger partial charge is 0.377 e. The van der Waals surface area contributed by atoms with Gasteiger partial charge in [0.25, 0.3) is 0 Å². The average molecular weight is 289 g/mol. The van der Waals surface area contributed by atoms with Gasteiger partial charge in [-0.1, -0.05) is 57.4 Å². The Morgan fingerprint density at radius 1 is 1.14 bits per heavy atom. The molecular weight excluding hydrogens is 258 g/mol. The van der Waals surface area contributed by atoms with Crippen LogP contribution in [0.5, 0.6) is 0 Å². The van der Waals surface area contributed by atoms with E-state index in [0.29, 0.717) is 5.92 Å². The van der Waals surface area contributed by atoms with Crippen LogP contribution in [0.2, 0.25) is 0 Å². The van der Waals surface area contributed by atoms with E-state index >= 15 is 0 Å². The van der Waals surface area contributed by atoms with Crippen LogP contribution in [-0.2, 0) is 11.3 Å². The van der Waals surface area contributed by atoms with Crippen LogP contribution in [0.4, 0.5) is 0 Å². The number of nitrogens with one attached hydrogen (secondary N) is 1. The van der Waals surface area contributed by atoms with Crippen molar-refractivity contribution in [1.82, 2.24) is 5.32 Å². The average Bonchev–Trinajstić information content (AvgIpc) is 3.33. The number of ether oxygens (including phenoxy) is 1. The molecule has 1 unspecified atom stereocenters. The van der Waals surface area contributed by atoms with Gasteiger partial charge in [-0.15, -0.1) is 0 Å². The minimum Gasteiger partial charge on any atom is -0.377 e. The van der Waals surface area contributed by atoms with E-state index in [1.54, 1.807) is 0 Å². The third-order valence-corrected chi connectivity index (χ3v) is 4.25. The molecule has 1 atom stereocenters. The zero-order valence-electron chi connectivity index (χ0n) is 13.7. The molecular formula is C19H31NO. The molecule has 2 heteroatoms. The van der Waals surface area contributed by atoms with Crippen LogP contribution >= 0.6 is 0 Å². The first-order valence-corrected chi connectivity index (χ1v) is 8.69. The Hall–Kier alpha value is -0.860. The lowest BCUT2D eigenvalue weighted by molar-refractivity contribution is 0.117. The van der Waals surface area contributed by atoms with Gasteiger partial charge in [-0.05, 0) is 36.3 Å². The monoisotopic (exact) mass is 289 g/mol. The standard InChI is InChI=1S/C19H31NO/c1-3-4-5-6-13-21-15-17-7-9-18(10-8-17)16(2)14-20-19-11-12-19/h7-10,16,19-20H,3-6,11-15H2,1-2H3. The van der Waals surface area contributed by atoms with Gasteiger partial charge in [-0.3, -0.25) is 0 Å². The lowest BCUT2D eigenvalue weighted by Gasteiger charge is -2.13. The maximum Gasteiger partial charge on any atom is 0.0716 e. The Kier molecular flexibility index (Phi) is 7.25. The van der Waals surface area contributed by atoms with Gasteiger partial charge in [0.05, 0.1) is 6.61 Å². The number of hydrogen-bond acceptors (Lipinski definition) is 2. The summed E-state index contributed by atoms with van der Waals surface area (Å²) in [6, 6.07) is 9.75. The molecule has 2 rings (SSSR count). The van der Waals surface area contributed by atoms with Gasteiger partial charge in [-0.25, -0.2) is 0 Å². The zero-order chi connectivity index (χ0) is 14.9. The topological polar surface area (TPSA) is 21.3 Å². The smallest absolute Gasteiger partial charge is 0.0716 e. The summed E-state index contributed by atoms with van der Waals surface area (Å²) in [6.07, 6.45) is 7.82. The summed E-state index contributed by atoms with van der Waals surface area (Å²) in [7, 11) is 0. The second-order valence-electron chi connectivity index (χ2n) is 6.44. The van der Waals surface area contributed by atoms with E-state index in [2.05, 4.69) is 43.4 Å². The number of hydrogen-bond donors (Lipinski definition) is 1. The lowest BCUT2D eigenvalue weighted by Crippen LogP contribution is -2.21. The lowest BCUT2D eigenvalue weighted by atomic mass is 10.00. The predicted octanol–water partition coefficient (Wildman–Crippen LogP) is 4.64. The third kappa shape index (κ3) is 6.62. The molecule has 0 radical (unpaired) electrons. The molecule has 118 valence electrons. The van der Waals surface area contributed by atoms with E-state index in [0.717, 1.165) is 25.8 Å². The number of benzene rings is 1. The summed E-state index contributed by atoms with van der Waals surface area (Å²) >= 11 is 0. The molecule has 0 heterocycles. The van der Waals surface area contributed by atoms with E-state index < -0.39 is 0 Å². The molecule has 1 aromatic rings. The normalized spacial score (nSPS) is 16.1. The van der Waals surface area contributed by atoms with Crippen LogP contribution in [0, 0.1) is 0 Å². The second-order valence-corrected chi connectivity index (χ2v) is 6.44. The molecule has 0 saturated heterocycles. The predicted molar refractivity (Wildman–Crippen MR) is 89.7 cm³/mol. The quantitative estimate of drug-likeness (QED) is 0.599. The van der Waals surface area contributed by atoms with Gasteiger partial charge < -0.3 is 10.1 Å². The van der Waals surface area contributed by atoms with Crippen molar-refractivity contribution in [2.24, 2.45) is 0 Å². The van der Waals surface area contributed by atoms with Crippen molar-refractivity contribution in [3.8, 4) is 0 Å². The molecule has 0 bridgehead atoms. The van der Waals surface area contributed by atoms with Crippen molar-refractivity contribution in [2.75, 3.05) is 13.2 Å². The summed E-state index contributed by atoms with van der Waals surface area (Å²) < 4.78 is 5.74. The molecule has 0 aromatic heterocycles. The Morgan fingerprint density at radius 2 is 1.90 bits per heavy atom. The Balaban J connectivity index is 1.63. The molecule has 1 aromatic carbocycles. The molecule has 1 fully saturated rings. The van der Waals surface area contributed by atoms with Gasteiger partial charge in [0.1, 0.15) is 0 Å². The maximum atomic E-state index is 5.74. The molecule has 1 aliphatic carbocycles. The van der Waals surface area contributed by atoms with E-state index in [1.807, 2.05) is 0 Å². The van der Waals surface area contributed by atoms with Gasteiger partial charge in [-0.2, -0.15) is 0 Å². The number of rotatable bonds is 11. The van der Waals surface area contributed by atoms with Crippen LogP contribution in [0.25, 0.3) is 0 Å². The van der Waals surface area contributed by atoms with Crippen molar-refractivity contribution in [3.63, 3.8) is 0 Å². The van der Waals surface area contributed by atoms with Crippen LogP contribution in [0.1, 0.15) is 69.4 Å². The van der Waals surface area contributed by atoms with Crippen LogP contribution in [0.15, 0.2) is 24.3 Å². The highest BCUT2D eigenvalue weighted by atomic mass is 16.5. The van der Waals surface area contributed by atoms with Crippen LogP contribution in [-0.4, -0.2) is 19.2 Å². The summed E-state index contributed by atoms with van der Waals surface area (Å²) in [5.74, 6) is 0.592. The summed E-state index contributed by atoms with van der Waals surface area (Å²) in [6.45, 7) is 7.28. The van der Waals surface area contributed by atoms with Crippen LogP contribution < -0.4 is 5.32 Å². The highest BCUT2D eigenvalue weighted by Crippen LogP contribution is 2.21. The molecule has 21 heavy (non-hydrogen) atoms. The SMILES string of the molecule is CCCCCCOCc1ccc(C(C)CNC2CC2)cc1. The fourth-order valence-corrected chi connectivity index (χ4v) is 2.51. The van der Waals surface area contributed by atoms with Crippen molar-refractivity contribution in [3.05, 3.63) is 35.4 Å². The van der Waals surface area contributed by atoms with E-state index in [1.165, 1.54) is 49.7 Å². The Labute approximate surface area is 130 Å². The first kappa shape index (κ1) is 16.5. The van der Waals surface area contributed by atoms with E-state index in [4.69, 9.17) is 4.74 Å². The van der Waals surface area contributed by atoms with Gasteiger partial charge in [0, 0.05) is 19.2 Å². The fourth-order valence-electron chi connectivity index (χ4n) is 2.51. The number of unbranched alkanes of at least 4 members (excludes halogenated alkanes) is 3. The Bertz CT molecular complexity index is 383. The van der Waals surface area contributed by atoms with E-state index in [9.17, 15) is 0 Å². The molecule has 1 saturated carbocycles. The molecule has 1 aliphatic rings. The minimum absolute atomic E-state index is 0.592. The highest BCUT2D eigenvalue weighted by Gasteiger charge is 2.21. The summed E-state index contributed by atoms with van der Waals surface area (Å²) in [5, 5.41) is 3.60. The molecule has 2 nitrogen and oxygen atoms in total. The first-order valence-electron chi connectivity index (χ1n) is 8.69. The van der Waals surface area contributed by atoms with Crippen molar-refractivity contribution in [2.45, 2.75) is 70.9 Å². The van der Waals surface area contributed by atoms with Crippen molar-refractivity contribution in [1.29, 1.82) is 0 Å². The van der Waals surface area contributed by atoms with Gasteiger partial charge in [0.2, 0.25) is 0 Å². The van der Waals surface area contributed by atoms with Gasteiger partial charge >= 0.3 is 0 Å². The maximum absolute atomic E-state index is 5.74.